The van der Waals surface area contributed by atoms with Crippen LogP contribution in [0.3, 0.4) is 0 Å². The maximum atomic E-state index is 10.0. The summed E-state index contributed by atoms with van der Waals surface area (Å²) in [5.41, 5.74) is 6.33. The monoisotopic (exact) mass is 247 g/mol. The number of para-hydroxylation sites is 1. The van der Waals surface area contributed by atoms with Gasteiger partial charge in [0.1, 0.15) is 0 Å². The molecule has 98 valence electrons. The van der Waals surface area contributed by atoms with Gasteiger partial charge in [-0.15, -0.1) is 0 Å². The fourth-order valence-corrected chi connectivity index (χ4v) is 2.20. The van der Waals surface area contributed by atoms with E-state index >= 15 is 0 Å². The number of guanidine groups is 1. The predicted molar refractivity (Wildman–Crippen MR) is 73.8 cm³/mol. The number of nitrogens with zero attached hydrogens (tertiary/aromatic N) is 2. The average molecular weight is 247 g/mol. The minimum Gasteiger partial charge on any atom is -0.390 e. The molecule has 0 amide bonds. The minimum atomic E-state index is -0.568. The Morgan fingerprint density at radius 1 is 1.28 bits per heavy atom. The molecule has 1 aliphatic rings. The Balaban J connectivity index is 2.05. The van der Waals surface area contributed by atoms with Gasteiger partial charge in [0.2, 0.25) is 0 Å². The first kappa shape index (κ1) is 12.9. The maximum Gasteiger partial charge on any atom is 0.196 e. The highest BCUT2D eigenvalue weighted by Crippen LogP contribution is 2.21. The van der Waals surface area contributed by atoms with Crippen molar-refractivity contribution in [1.29, 1.82) is 0 Å². The van der Waals surface area contributed by atoms with Gasteiger partial charge >= 0.3 is 0 Å². The Morgan fingerprint density at radius 3 is 2.72 bits per heavy atom. The number of rotatable bonds is 1. The Hall–Kier alpha value is -1.55. The van der Waals surface area contributed by atoms with Crippen LogP contribution in [0.25, 0.3) is 0 Å². The highest BCUT2D eigenvalue weighted by molar-refractivity contribution is 5.81. The van der Waals surface area contributed by atoms with E-state index in [4.69, 9.17) is 5.73 Å². The number of aliphatic hydroxyl groups is 1. The van der Waals surface area contributed by atoms with Crippen LogP contribution < -0.4 is 5.73 Å². The molecule has 0 spiro atoms. The third-order valence-corrected chi connectivity index (χ3v) is 3.39. The SMILES string of the molecule is CC1(O)CCCN(C(N)=Nc2ccccc2)CC1. The molecule has 1 aliphatic heterocycles. The first-order valence-electron chi connectivity index (χ1n) is 6.43. The zero-order chi connectivity index (χ0) is 13.0. The van der Waals surface area contributed by atoms with E-state index in [0.29, 0.717) is 5.96 Å². The lowest BCUT2D eigenvalue weighted by Gasteiger charge is -2.23. The summed E-state index contributed by atoms with van der Waals surface area (Å²) in [6.07, 6.45) is 2.50. The first-order chi connectivity index (χ1) is 8.57. The van der Waals surface area contributed by atoms with Gasteiger partial charge in [-0.1, -0.05) is 18.2 Å². The molecule has 1 unspecified atom stereocenters. The van der Waals surface area contributed by atoms with E-state index in [1.165, 1.54) is 0 Å². The molecule has 0 bridgehead atoms. The van der Waals surface area contributed by atoms with Gasteiger partial charge in [-0.3, -0.25) is 0 Å². The summed E-state index contributed by atoms with van der Waals surface area (Å²) in [5, 5.41) is 10.0. The average Bonchev–Trinajstić information content (AvgIpc) is 2.51. The molecule has 1 heterocycles. The second-order valence-corrected chi connectivity index (χ2v) is 5.14. The zero-order valence-corrected chi connectivity index (χ0v) is 10.8. The molecular formula is C14H21N3O. The van der Waals surface area contributed by atoms with E-state index in [1.54, 1.807) is 0 Å². The van der Waals surface area contributed by atoms with Gasteiger partial charge in [0.25, 0.3) is 0 Å². The van der Waals surface area contributed by atoms with Crippen LogP contribution in [0.4, 0.5) is 5.69 Å². The maximum absolute atomic E-state index is 10.0. The Morgan fingerprint density at radius 2 is 2.00 bits per heavy atom. The molecule has 1 atom stereocenters. The van der Waals surface area contributed by atoms with Crippen molar-refractivity contribution < 1.29 is 5.11 Å². The van der Waals surface area contributed by atoms with Crippen LogP contribution in [-0.4, -0.2) is 34.7 Å². The Labute approximate surface area is 108 Å². The molecule has 4 nitrogen and oxygen atoms in total. The van der Waals surface area contributed by atoms with Crippen molar-refractivity contribution in [2.45, 2.75) is 31.8 Å². The van der Waals surface area contributed by atoms with Crippen LogP contribution in [0.1, 0.15) is 26.2 Å². The molecule has 1 aromatic carbocycles. The van der Waals surface area contributed by atoms with Crippen molar-refractivity contribution in [3.05, 3.63) is 30.3 Å². The van der Waals surface area contributed by atoms with Gasteiger partial charge in [0, 0.05) is 13.1 Å². The lowest BCUT2D eigenvalue weighted by atomic mass is 9.98. The van der Waals surface area contributed by atoms with Crippen molar-refractivity contribution in [2.24, 2.45) is 10.7 Å². The summed E-state index contributed by atoms with van der Waals surface area (Å²) in [7, 11) is 0. The summed E-state index contributed by atoms with van der Waals surface area (Å²) >= 11 is 0. The summed E-state index contributed by atoms with van der Waals surface area (Å²) < 4.78 is 0. The normalized spacial score (nSPS) is 25.9. The first-order valence-corrected chi connectivity index (χ1v) is 6.43. The molecule has 1 aromatic rings. The summed E-state index contributed by atoms with van der Waals surface area (Å²) in [4.78, 5) is 6.46. The summed E-state index contributed by atoms with van der Waals surface area (Å²) in [6.45, 7) is 3.51. The van der Waals surface area contributed by atoms with Gasteiger partial charge in [0.15, 0.2) is 5.96 Å². The van der Waals surface area contributed by atoms with Gasteiger partial charge < -0.3 is 15.7 Å². The zero-order valence-electron chi connectivity index (χ0n) is 10.8. The molecule has 2 rings (SSSR count). The summed E-state index contributed by atoms with van der Waals surface area (Å²) in [6, 6.07) is 9.71. The molecule has 0 saturated carbocycles. The molecule has 18 heavy (non-hydrogen) atoms. The second-order valence-electron chi connectivity index (χ2n) is 5.14. The molecule has 1 saturated heterocycles. The van der Waals surface area contributed by atoms with Crippen molar-refractivity contribution in [2.75, 3.05) is 13.1 Å². The van der Waals surface area contributed by atoms with Crippen molar-refractivity contribution in [3.63, 3.8) is 0 Å². The largest absolute Gasteiger partial charge is 0.390 e. The lowest BCUT2D eigenvalue weighted by Crippen LogP contribution is -2.38. The molecule has 3 N–H and O–H groups in total. The predicted octanol–water partition coefficient (Wildman–Crippen LogP) is 1.87. The van der Waals surface area contributed by atoms with Crippen LogP contribution in [0.5, 0.6) is 0 Å². The number of aliphatic imine (C=N–C) groups is 1. The van der Waals surface area contributed by atoms with Gasteiger partial charge in [-0.2, -0.15) is 0 Å². The number of benzene rings is 1. The number of hydrogen-bond donors (Lipinski definition) is 2. The van der Waals surface area contributed by atoms with Crippen LogP contribution in [0.2, 0.25) is 0 Å². The standard InChI is InChI=1S/C14H21N3O/c1-14(18)8-5-10-17(11-9-14)13(15)16-12-6-3-2-4-7-12/h2-4,6-7,18H,5,8-11H2,1H3,(H2,15,16). The fraction of sp³-hybridized carbons (Fsp3) is 0.500. The summed E-state index contributed by atoms with van der Waals surface area (Å²) in [5.74, 6) is 0.541. The minimum absolute atomic E-state index is 0.541. The molecule has 0 aliphatic carbocycles. The van der Waals surface area contributed by atoms with Crippen molar-refractivity contribution >= 4 is 11.6 Å². The quantitative estimate of drug-likeness (QED) is 0.588. The number of nitrogens with two attached hydrogens (primary N) is 1. The smallest absolute Gasteiger partial charge is 0.196 e. The van der Waals surface area contributed by atoms with E-state index in [9.17, 15) is 5.11 Å². The van der Waals surface area contributed by atoms with Gasteiger partial charge in [0.05, 0.1) is 11.3 Å². The molecule has 1 fully saturated rings. The van der Waals surface area contributed by atoms with E-state index < -0.39 is 5.60 Å². The molecule has 4 heteroatoms. The van der Waals surface area contributed by atoms with E-state index in [0.717, 1.165) is 38.0 Å². The van der Waals surface area contributed by atoms with Crippen LogP contribution in [0.15, 0.2) is 35.3 Å². The molecule has 0 radical (unpaired) electrons. The number of likely N-dealkylation sites (tertiary alicyclic amines) is 1. The topological polar surface area (TPSA) is 61.8 Å². The lowest BCUT2D eigenvalue weighted by molar-refractivity contribution is 0.0462. The third kappa shape index (κ3) is 3.47. The van der Waals surface area contributed by atoms with Crippen molar-refractivity contribution in [3.8, 4) is 0 Å². The van der Waals surface area contributed by atoms with E-state index in [2.05, 4.69) is 9.89 Å². The molecular weight excluding hydrogens is 226 g/mol. The number of hydrogen-bond acceptors (Lipinski definition) is 2. The Bertz CT molecular complexity index is 414. The van der Waals surface area contributed by atoms with Crippen molar-refractivity contribution in [1.82, 2.24) is 4.90 Å². The third-order valence-electron chi connectivity index (χ3n) is 3.39. The van der Waals surface area contributed by atoms with Gasteiger partial charge in [-0.05, 0) is 38.3 Å². The molecule has 0 aromatic heterocycles. The van der Waals surface area contributed by atoms with E-state index in [-0.39, 0.29) is 0 Å². The van der Waals surface area contributed by atoms with Crippen LogP contribution in [-0.2, 0) is 0 Å². The second kappa shape index (κ2) is 5.40. The highest BCUT2D eigenvalue weighted by atomic mass is 16.3. The fourth-order valence-electron chi connectivity index (χ4n) is 2.20. The Kier molecular flexibility index (Phi) is 3.87. The van der Waals surface area contributed by atoms with E-state index in [1.807, 2.05) is 37.3 Å². The van der Waals surface area contributed by atoms with Crippen LogP contribution in [0, 0.1) is 0 Å². The van der Waals surface area contributed by atoms with Crippen LogP contribution >= 0.6 is 0 Å². The van der Waals surface area contributed by atoms with Gasteiger partial charge in [-0.25, -0.2) is 4.99 Å². The highest BCUT2D eigenvalue weighted by Gasteiger charge is 2.25.